The molecule has 8 nitrogen and oxygen atoms in total. The van der Waals surface area contributed by atoms with Crippen molar-refractivity contribution in [1.82, 2.24) is 4.90 Å². The van der Waals surface area contributed by atoms with Crippen molar-refractivity contribution in [3.05, 3.63) is 41.5 Å². The van der Waals surface area contributed by atoms with Crippen LogP contribution in [-0.4, -0.2) is 54.3 Å². The number of nitrogens with zero attached hydrogens (tertiary/aromatic N) is 1. The minimum Gasteiger partial charge on any atom is -0.493 e. The van der Waals surface area contributed by atoms with Crippen molar-refractivity contribution < 1.29 is 33.7 Å². The lowest BCUT2D eigenvalue weighted by Crippen LogP contribution is -2.39. The number of carbonyl (C=O) groups is 3. The third kappa shape index (κ3) is 4.52. The quantitative estimate of drug-likeness (QED) is 0.109. The lowest BCUT2D eigenvalue weighted by molar-refractivity contribution is -0.151. The first kappa shape index (κ1) is 26.1. The summed E-state index contributed by atoms with van der Waals surface area (Å²) in [4.78, 5) is 39.3. The van der Waals surface area contributed by atoms with Gasteiger partial charge in [-0.1, -0.05) is 25.8 Å². The lowest BCUT2D eigenvalue weighted by Gasteiger charge is -2.37. The molecule has 38 heavy (non-hydrogen) atoms. The van der Waals surface area contributed by atoms with E-state index in [-0.39, 0.29) is 18.2 Å². The molecular formula is C30H33NO7. The molecule has 5 rings (SSSR count). The Morgan fingerprint density at radius 1 is 0.974 bits per heavy atom. The van der Waals surface area contributed by atoms with E-state index in [0.29, 0.717) is 24.5 Å². The van der Waals surface area contributed by atoms with Gasteiger partial charge < -0.3 is 19.3 Å². The molecule has 0 unspecified atom stereocenters. The number of ketones is 2. The van der Waals surface area contributed by atoms with Gasteiger partial charge in [0, 0.05) is 19.0 Å². The van der Waals surface area contributed by atoms with E-state index in [2.05, 4.69) is 4.90 Å². The van der Waals surface area contributed by atoms with Gasteiger partial charge in [-0.2, -0.15) is 0 Å². The average molecular weight is 520 g/mol. The Kier molecular flexibility index (Phi) is 7.36. The standard InChI is InChI=1S/C30H33NO7/c1-4-5-6-9-24(32)29(34)30(35)38-17-10-11-18-19(13-17)20-14-25(36-2)26(37-3)15-21(20)22-16-31-12-7-8-23(31)28(33)27(18)22/h10-11,13-15,23,28,33H,4-9,12,16H2,1-3H3/t23-,28+/m0/s1. The molecule has 0 saturated carbocycles. The molecule has 1 N–H and O–H groups in total. The molecule has 8 heteroatoms. The van der Waals surface area contributed by atoms with Crippen LogP contribution in [0.4, 0.5) is 0 Å². The Bertz CT molecular complexity index is 1430. The number of aliphatic hydroxyl groups is 1. The molecular weight excluding hydrogens is 486 g/mol. The molecule has 0 aliphatic carbocycles. The van der Waals surface area contributed by atoms with Gasteiger partial charge in [0.1, 0.15) is 5.75 Å². The van der Waals surface area contributed by atoms with E-state index in [0.717, 1.165) is 64.9 Å². The Balaban J connectivity index is 1.60. The molecule has 3 aromatic carbocycles. The van der Waals surface area contributed by atoms with Gasteiger partial charge in [-0.05, 0) is 82.7 Å². The van der Waals surface area contributed by atoms with Gasteiger partial charge in [-0.15, -0.1) is 0 Å². The zero-order chi connectivity index (χ0) is 27.0. The van der Waals surface area contributed by atoms with Gasteiger partial charge in [0.05, 0.1) is 20.3 Å². The number of carbonyl (C=O) groups excluding carboxylic acids is 3. The van der Waals surface area contributed by atoms with Crippen molar-refractivity contribution in [2.24, 2.45) is 0 Å². The fraction of sp³-hybridized carbons (Fsp3) is 0.433. The number of aliphatic hydroxyl groups excluding tert-OH is 1. The second kappa shape index (κ2) is 10.7. The monoisotopic (exact) mass is 519 g/mol. The topological polar surface area (TPSA) is 102 Å². The molecule has 0 radical (unpaired) electrons. The van der Waals surface area contributed by atoms with E-state index in [1.54, 1.807) is 26.4 Å². The van der Waals surface area contributed by atoms with Gasteiger partial charge in [-0.25, -0.2) is 4.79 Å². The van der Waals surface area contributed by atoms with Crippen LogP contribution in [0, 0.1) is 0 Å². The molecule has 2 aliphatic rings. The summed E-state index contributed by atoms with van der Waals surface area (Å²) in [5.74, 6) is -1.78. The maximum Gasteiger partial charge on any atom is 0.388 e. The molecule has 2 atom stereocenters. The van der Waals surface area contributed by atoms with E-state index in [9.17, 15) is 19.5 Å². The van der Waals surface area contributed by atoms with E-state index in [1.165, 1.54) is 0 Å². The zero-order valence-corrected chi connectivity index (χ0v) is 22.0. The van der Waals surface area contributed by atoms with E-state index in [1.807, 2.05) is 25.1 Å². The molecule has 0 amide bonds. The highest BCUT2D eigenvalue weighted by Gasteiger charge is 2.39. The van der Waals surface area contributed by atoms with Gasteiger partial charge in [0.25, 0.3) is 0 Å². The molecule has 2 heterocycles. The van der Waals surface area contributed by atoms with E-state index in [4.69, 9.17) is 14.2 Å². The number of hydrogen-bond acceptors (Lipinski definition) is 8. The summed E-state index contributed by atoms with van der Waals surface area (Å²) in [5.41, 5.74) is 1.90. The van der Waals surface area contributed by atoms with Crippen LogP contribution in [0.1, 0.15) is 62.7 Å². The second-order valence-corrected chi connectivity index (χ2v) is 10.1. The fourth-order valence-corrected chi connectivity index (χ4v) is 5.93. The summed E-state index contributed by atoms with van der Waals surface area (Å²) in [6, 6.07) is 8.96. The Hall–Kier alpha value is -3.49. The number of esters is 1. The van der Waals surface area contributed by atoms with Crippen molar-refractivity contribution in [1.29, 1.82) is 0 Å². The summed E-state index contributed by atoms with van der Waals surface area (Å²) in [7, 11) is 3.15. The molecule has 200 valence electrons. The third-order valence-corrected chi connectivity index (χ3v) is 7.84. The number of benzene rings is 3. The van der Waals surface area contributed by atoms with Crippen molar-refractivity contribution >= 4 is 39.1 Å². The molecule has 1 fully saturated rings. The third-order valence-electron chi connectivity index (χ3n) is 7.84. The Morgan fingerprint density at radius 3 is 2.39 bits per heavy atom. The number of ether oxygens (including phenoxy) is 3. The second-order valence-electron chi connectivity index (χ2n) is 10.1. The van der Waals surface area contributed by atoms with Crippen LogP contribution in [0.2, 0.25) is 0 Å². The Morgan fingerprint density at radius 2 is 1.68 bits per heavy atom. The fourth-order valence-electron chi connectivity index (χ4n) is 5.93. The first-order chi connectivity index (χ1) is 18.4. The van der Waals surface area contributed by atoms with Gasteiger partial charge in [-0.3, -0.25) is 14.5 Å². The van der Waals surface area contributed by atoms with Crippen LogP contribution >= 0.6 is 0 Å². The molecule has 3 aromatic rings. The predicted octanol–water partition coefficient (Wildman–Crippen LogP) is 4.65. The summed E-state index contributed by atoms with van der Waals surface area (Å²) >= 11 is 0. The molecule has 1 saturated heterocycles. The van der Waals surface area contributed by atoms with Gasteiger partial charge >= 0.3 is 11.8 Å². The number of fused-ring (bicyclic) bond motifs is 7. The summed E-state index contributed by atoms with van der Waals surface area (Å²) in [6.07, 6.45) is 3.61. The van der Waals surface area contributed by atoms with Crippen LogP contribution in [0.3, 0.4) is 0 Å². The van der Waals surface area contributed by atoms with Gasteiger partial charge in [0.2, 0.25) is 5.78 Å². The van der Waals surface area contributed by atoms with Crippen molar-refractivity contribution in [3.8, 4) is 17.2 Å². The minimum atomic E-state index is -1.19. The van der Waals surface area contributed by atoms with Crippen LogP contribution in [0.5, 0.6) is 17.2 Å². The van der Waals surface area contributed by atoms with E-state index >= 15 is 0 Å². The normalized spacial score (nSPS) is 18.7. The van der Waals surface area contributed by atoms with Crippen molar-refractivity contribution in [3.63, 3.8) is 0 Å². The molecule has 2 aliphatic heterocycles. The summed E-state index contributed by atoms with van der Waals surface area (Å²) < 4.78 is 16.5. The lowest BCUT2D eigenvalue weighted by atomic mass is 9.83. The number of Topliss-reactive ketones (excluding diaryl/α,β-unsaturated/α-hetero) is 2. The maximum atomic E-state index is 12.5. The highest BCUT2D eigenvalue weighted by molar-refractivity contribution is 6.62. The molecule has 0 spiro atoms. The zero-order valence-electron chi connectivity index (χ0n) is 22.0. The molecule has 0 bridgehead atoms. The van der Waals surface area contributed by atoms with Crippen LogP contribution in [0.15, 0.2) is 30.3 Å². The number of unbranched alkanes of at least 4 members (excludes halogenated alkanes) is 2. The summed E-state index contributed by atoms with van der Waals surface area (Å²) in [6.45, 7) is 3.65. The summed E-state index contributed by atoms with van der Waals surface area (Å²) in [5, 5.41) is 14.8. The predicted molar refractivity (Wildman–Crippen MR) is 143 cm³/mol. The number of rotatable bonds is 9. The van der Waals surface area contributed by atoms with Crippen molar-refractivity contribution in [2.75, 3.05) is 20.8 Å². The van der Waals surface area contributed by atoms with E-state index < -0.39 is 23.6 Å². The number of methoxy groups -OCH3 is 2. The highest BCUT2D eigenvalue weighted by atomic mass is 16.5. The van der Waals surface area contributed by atoms with Crippen LogP contribution in [0.25, 0.3) is 21.5 Å². The van der Waals surface area contributed by atoms with Crippen molar-refractivity contribution in [2.45, 2.75) is 64.1 Å². The van der Waals surface area contributed by atoms with Crippen LogP contribution in [-0.2, 0) is 20.9 Å². The smallest absolute Gasteiger partial charge is 0.388 e. The first-order valence-corrected chi connectivity index (χ1v) is 13.2. The minimum absolute atomic E-state index is 0.0357. The SMILES string of the molecule is CCCCCC(=O)C(=O)C(=O)Oc1ccc2c3c(c4cc(OC)c(OC)cc4c2c1)CN1CCC[C@H]1[C@H]3O. The average Bonchev–Trinajstić information content (AvgIpc) is 3.41. The number of hydrogen-bond donors (Lipinski definition) is 1. The first-order valence-electron chi connectivity index (χ1n) is 13.2. The maximum absolute atomic E-state index is 12.5. The molecule has 0 aromatic heterocycles. The van der Waals surface area contributed by atoms with Gasteiger partial charge in [0.15, 0.2) is 11.5 Å². The van der Waals surface area contributed by atoms with Crippen LogP contribution < -0.4 is 14.2 Å². The largest absolute Gasteiger partial charge is 0.493 e. The highest BCUT2D eigenvalue weighted by Crippen LogP contribution is 2.47. The Labute approximate surface area is 221 Å².